The molecule has 0 spiro atoms. The lowest BCUT2D eigenvalue weighted by molar-refractivity contribution is 0.120. The molecule has 0 radical (unpaired) electrons. The van der Waals surface area contributed by atoms with E-state index in [0.717, 1.165) is 32.4 Å². The van der Waals surface area contributed by atoms with Gasteiger partial charge in [-0.05, 0) is 43.6 Å². The van der Waals surface area contributed by atoms with Crippen molar-refractivity contribution in [1.29, 1.82) is 0 Å². The van der Waals surface area contributed by atoms with E-state index in [-0.39, 0.29) is 0 Å². The van der Waals surface area contributed by atoms with Crippen molar-refractivity contribution in [2.75, 3.05) is 19.7 Å². The maximum Gasteiger partial charge on any atom is 0.110 e. The average molecular weight is 211 g/mol. The molecular formula is C12H21NO2. The van der Waals surface area contributed by atoms with Gasteiger partial charge in [-0.2, -0.15) is 0 Å². The first-order valence-corrected chi connectivity index (χ1v) is 5.97. The largest absolute Gasteiger partial charge is 0.497 e. The highest BCUT2D eigenvalue weighted by atomic mass is 16.5. The number of ether oxygens (including phenoxy) is 1. The summed E-state index contributed by atoms with van der Waals surface area (Å²) < 4.78 is 5.48. The molecule has 2 aliphatic rings. The molecule has 0 bridgehead atoms. The van der Waals surface area contributed by atoms with Gasteiger partial charge in [-0.15, -0.1) is 0 Å². The zero-order valence-electron chi connectivity index (χ0n) is 9.24. The molecular weight excluding hydrogens is 190 g/mol. The molecule has 0 aromatic heterocycles. The highest BCUT2D eigenvalue weighted by Gasteiger charge is 2.41. The van der Waals surface area contributed by atoms with Crippen LogP contribution in [0.4, 0.5) is 0 Å². The Morgan fingerprint density at radius 3 is 2.93 bits per heavy atom. The van der Waals surface area contributed by atoms with E-state index in [0.29, 0.717) is 18.1 Å². The molecule has 2 N–H and O–H groups in total. The fourth-order valence-electron chi connectivity index (χ4n) is 2.16. The van der Waals surface area contributed by atoms with Crippen molar-refractivity contribution >= 4 is 0 Å². The Kier molecular flexibility index (Phi) is 3.65. The van der Waals surface area contributed by atoms with Gasteiger partial charge in [-0.1, -0.05) is 0 Å². The lowest BCUT2D eigenvalue weighted by Crippen LogP contribution is -2.33. The van der Waals surface area contributed by atoms with Crippen LogP contribution < -0.4 is 5.32 Å². The summed E-state index contributed by atoms with van der Waals surface area (Å²) in [5.74, 6) is 0. The van der Waals surface area contributed by atoms with Gasteiger partial charge in [-0.3, -0.25) is 0 Å². The molecule has 1 aliphatic heterocycles. The third-order valence-electron chi connectivity index (χ3n) is 3.49. The maximum atomic E-state index is 8.93. The lowest BCUT2D eigenvalue weighted by atomic mass is 10.0. The Balaban J connectivity index is 1.60. The lowest BCUT2D eigenvalue weighted by Gasteiger charge is -2.21. The minimum Gasteiger partial charge on any atom is -0.497 e. The predicted molar refractivity (Wildman–Crippen MR) is 59.5 cm³/mol. The van der Waals surface area contributed by atoms with Crippen LogP contribution in [-0.2, 0) is 4.74 Å². The minimum atomic E-state index is 0.324. The Morgan fingerprint density at radius 1 is 1.47 bits per heavy atom. The van der Waals surface area contributed by atoms with E-state index in [1.807, 2.05) is 6.26 Å². The molecule has 0 aromatic rings. The number of aliphatic hydroxyl groups is 1. The number of hydrogen-bond donors (Lipinski definition) is 2. The fourth-order valence-corrected chi connectivity index (χ4v) is 2.16. The van der Waals surface area contributed by atoms with Crippen molar-refractivity contribution in [2.45, 2.75) is 38.2 Å². The highest BCUT2D eigenvalue weighted by molar-refractivity contribution is 4.95. The van der Waals surface area contributed by atoms with Crippen LogP contribution in [0.15, 0.2) is 12.3 Å². The first kappa shape index (κ1) is 11.0. The van der Waals surface area contributed by atoms with Crippen molar-refractivity contribution in [3.05, 3.63) is 12.3 Å². The maximum absolute atomic E-state index is 8.93. The molecule has 0 aromatic carbocycles. The molecule has 3 nitrogen and oxygen atoms in total. The molecule has 2 rings (SSSR count). The number of aliphatic hydroxyl groups excluding tert-OH is 1. The van der Waals surface area contributed by atoms with Gasteiger partial charge in [0.05, 0.1) is 6.26 Å². The molecule has 1 fully saturated rings. The molecule has 1 aliphatic carbocycles. The summed E-state index contributed by atoms with van der Waals surface area (Å²) in [6, 6.07) is 0. The van der Waals surface area contributed by atoms with Gasteiger partial charge in [-0.25, -0.2) is 0 Å². The molecule has 0 saturated heterocycles. The second-order valence-corrected chi connectivity index (χ2v) is 4.81. The van der Waals surface area contributed by atoms with Crippen LogP contribution >= 0.6 is 0 Å². The molecule has 1 atom stereocenters. The van der Waals surface area contributed by atoms with Crippen LogP contribution in [0.25, 0.3) is 0 Å². The third kappa shape index (κ3) is 3.21. The van der Waals surface area contributed by atoms with Gasteiger partial charge in [0.1, 0.15) is 6.10 Å². The summed E-state index contributed by atoms with van der Waals surface area (Å²) >= 11 is 0. The number of hydrogen-bond acceptors (Lipinski definition) is 3. The Morgan fingerprint density at radius 2 is 2.33 bits per heavy atom. The van der Waals surface area contributed by atoms with Crippen LogP contribution in [0.3, 0.4) is 0 Å². The number of allylic oxidation sites excluding steroid dienone is 1. The average Bonchev–Trinajstić information content (AvgIpc) is 3.00. The van der Waals surface area contributed by atoms with Crippen molar-refractivity contribution < 1.29 is 9.84 Å². The smallest absolute Gasteiger partial charge is 0.110 e. The van der Waals surface area contributed by atoms with Crippen molar-refractivity contribution in [1.82, 2.24) is 5.32 Å². The minimum absolute atomic E-state index is 0.324. The zero-order valence-corrected chi connectivity index (χ0v) is 9.24. The van der Waals surface area contributed by atoms with Gasteiger partial charge in [0.15, 0.2) is 0 Å². The normalized spacial score (nSPS) is 27.4. The first-order valence-electron chi connectivity index (χ1n) is 5.97. The topological polar surface area (TPSA) is 41.5 Å². The van der Waals surface area contributed by atoms with E-state index >= 15 is 0 Å². The first-order chi connectivity index (χ1) is 7.35. The van der Waals surface area contributed by atoms with Crippen LogP contribution in [0.5, 0.6) is 0 Å². The molecule has 1 heterocycles. The molecule has 3 heteroatoms. The summed E-state index contributed by atoms with van der Waals surface area (Å²) in [5, 5.41) is 12.4. The van der Waals surface area contributed by atoms with Gasteiger partial charge >= 0.3 is 0 Å². The Hall–Kier alpha value is -0.540. The Bertz CT molecular complexity index is 224. The van der Waals surface area contributed by atoms with Crippen molar-refractivity contribution in [3.63, 3.8) is 0 Å². The van der Waals surface area contributed by atoms with Crippen LogP contribution in [0.2, 0.25) is 0 Å². The van der Waals surface area contributed by atoms with Gasteiger partial charge < -0.3 is 15.2 Å². The molecule has 86 valence electrons. The Labute approximate surface area is 91.5 Å². The second kappa shape index (κ2) is 4.99. The van der Waals surface area contributed by atoms with Gasteiger partial charge in [0, 0.05) is 19.7 Å². The summed E-state index contributed by atoms with van der Waals surface area (Å²) in [4.78, 5) is 0. The molecule has 1 saturated carbocycles. The second-order valence-electron chi connectivity index (χ2n) is 4.81. The summed E-state index contributed by atoms with van der Waals surface area (Å²) in [7, 11) is 0. The SMILES string of the molecule is OCCC1(CNCC2CCC=CO2)CC1. The highest BCUT2D eigenvalue weighted by Crippen LogP contribution is 2.47. The standard InChI is InChI=1S/C12H21NO2/c14-7-6-12(4-5-12)10-13-9-11-3-1-2-8-15-11/h2,8,11,13-14H,1,3-7,9-10H2. The predicted octanol–water partition coefficient (Wildman–Crippen LogP) is 1.43. The molecule has 0 amide bonds. The summed E-state index contributed by atoms with van der Waals surface area (Å²) in [6.07, 6.45) is 9.98. The van der Waals surface area contributed by atoms with Gasteiger partial charge in [0.25, 0.3) is 0 Å². The quantitative estimate of drug-likeness (QED) is 0.698. The summed E-state index contributed by atoms with van der Waals surface area (Å²) in [5.41, 5.74) is 0.416. The fraction of sp³-hybridized carbons (Fsp3) is 0.833. The van der Waals surface area contributed by atoms with Crippen LogP contribution in [0.1, 0.15) is 32.1 Å². The zero-order chi connectivity index (χ0) is 10.6. The van der Waals surface area contributed by atoms with E-state index < -0.39 is 0 Å². The third-order valence-corrected chi connectivity index (χ3v) is 3.49. The van der Waals surface area contributed by atoms with Crippen molar-refractivity contribution in [2.24, 2.45) is 5.41 Å². The van der Waals surface area contributed by atoms with E-state index in [9.17, 15) is 0 Å². The van der Waals surface area contributed by atoms with Crippen LogP contribution in [0, 0.1) is 5.41 Å². The number of rotatable bonds is 6. The van der Waals surface area contributed by atoms with E-state index in [1.54, 1.807) is 0 Å². The van der Waals surface area contributed by atoms with E-state index in [2.05, 4.69) is 11.4 Å². The van der Waals surface area contributed by atoms with Crippen molar-refractivity contribution in [3.8, 4) is 0 Å². The van der Waals surface area contributed by atoms with Gasteiger partial charge in [0.2, 0.25) is 0 Å². The van der Waals surface area contributed by atoms with Crippen LogP contribution in [-0.4, -0.2) is 30.9 Å². The molecule has 1 unspecified atom stereocenters. The summed E-state index contributed by atoms with van der Waals surface area (Å²) in [6.45, 7) is 2.30. The molecule has 15 heavy (non-hydrogen) atoms. The number of nitrogens with one attached hydrogen (secondary N) is 1. The monoisotopic (exact) mass is 211 g/mol. The van der Waals surface area contributed by atoms with E-state index in [1.165, 1.54) is 12.8 Å². The van der Waals surface area contributed by atoms with E-state index in [4.69, 9.17) is 9.84 Å².